The van der Waals surface area contributed by atoms with Crippen LogP contribution < -0.4 is 0 Å². The number of cyclic esters (lactones) is 3. The quantitative estimate of drug-likeness (QED) is 0.280. The van der Waals surface area contributed by atoms with E-state index in [4.69, 9.17) is 28.4 Å². The summed E-state index contributed by atoms with van der Waals surface area (Å²) in [6.07, 6.45) is 2.10. The summed E-state index contributed by atoms with van der Waals surface area (Å²) in [7, 11) is 0. The van der Waals surface area contributed by atoms with Crippen molar-refractivity contribution in [2.45, 2.75) is 104 Å². The number of hydrogen-bond acceptors (Lipinski definition) is 11. The minimum absolute atomic E-state index is 0.201. The van der Waals surface area contributed by atoms with E-state index >= 15 is 0 Å². The molecule has 4 aliphatic heterocycles. The molecule has 2 saturated heterocycles. The number of allylic oxidation sites excluding steroid dienone is 1. The fourth-order valence-corrected chi connectivity index (χ4v) is 9.56. The van der Waals surface area contributed by atoms with Crippen LogP contribution in [0.25, 0.3) is 0 Å². The van der Waals surface area contributed by atoms with Crippen molar-refractivity contribution in [2.75, 3.05) is 0 Å². The van der Waals surface area contributed by atoms with Crippen LogP contribution in [0.1, 0.15) is 67.7 Å². The molecule has 0 amide bonds. The van der Waals surface area contributed by atoms with Crippen molar-refractivity contribution in [2.24, 2.45) is 28.1 Å². The maximum Gasteiger partial charge on any atom is 0.339 e. The van der Waals surface area contributed by atoms with Crippen molar-refractivity contribution in [1.82, 2.24) is 0 Å². The molecule has 11 nitrogen and oxygen atoms in total. The lowest BCUT2D eigenvalue weighted by molar-refractivity contribution is -0.254. The summed E-state index contributed by atoms with van der Waals surface area (Å²) >= 11 is 0. The van der Waals surface area contributed by atoms with Crippen LogP contribution in [0.3, 0.4) is 0 Å². The first-order chi connectivity index (χ1) is 19.0. The van der Waals surface area contributed by atoms with Gasteiger partial charge in [-0.3, -0.25) is 9.59 Å². The Morgan fingerprint density at radius 2 is 1.59 bits per heavy atom. The molecule has 222 valence electrons. The second-order valence-corrected chi connectivity index (χ2v) is 13.5. The van der Waals surface area contributed by atoms with Gasteiger partial charge in [0.25, 0.3) is 6.29 Å². The zero-order valence-corrected chi connectivity index (χ0v) is 24.3. The Kier molecular flexibility index (Phi) is 5.74. The van der Waals surface area contributed by atoms with E-state index in [0.717, 1.165) is 0 Å². The van der Waals surface area contributed by atoms with Crippen LogP contribution in [0, 0.1) is 28.1 Å². The van der Waals surface area contributed by atoms with E-state index in [1.54, 1.807) is 0 Å². The van der Waals surface area contributed by atoms with Crippen LogP contribution in [-0.2, 0) is 52.4 Å². The Hall–Kier alpha value is -3.21. The molecule has 0 aromatic heterocycles. The summed E-state index contributed by atoms with van der Waals surface area (Å²) in [6.45, 7) is 12.4. The van der Waals surface area contributed by atoms with Crippen LogP contribution >= 0.6 is 0 Å². The molecule has 0 bridgehead atoms. The van der Waals surface area contributed by atoms with E-state index in [1.165, 1.54) is 26.0 Å². The third-order valence-corrected chi connectivity index (χ3v) is 11.0. The highest BCUT2D eigenvalue weighted by Gasteiger charge is 2.88. The van der Waals surface area contributed by atoms with Gasteiger partial charge in [-0.15, -0.1) is 0 Å². The standard InChI is InChI=1S/C30H36O11/c1-14(31)36-19-13-18-26(3,4)40-20(33)9-10-27(18,5)17-8-11-28(6)22(16-12-21(34)38-25(16)37-15(2)32)39-24(35)23-30(28,41-23)29(17,19)7/h9-10,12,17-19,22-23,25H,8,11,13H2,1-7H3/t17-,18-,19-,22-,23+,25-,27+,28-,29-,30+/m0/s1. The maximum atomic E-state index is 13.5. The smallest absolute Gasteiger partial charge is 0.339 e. The number of carbonyl (C=O) groups excluding carboxylic acids is 5. The molecule has 10 atom stereocenters. The Morgan fingerprint density at radius 1 is 0.902 bits per heavy atom. The van der Waals surface area contributed by atoms with Gasteiger partial charge in [-0.1, -0.05) is 26.8 Å². The molecule has 6 rings (SSSR count). The normalized spacial score (nSPS) is 47.1. The Labute approximate surface area is 237 Å². The van der Waals surface area contributed by atoms with Gasteiger partial charge in [0.2, 0.25) is 0 Å². The highest BCUT2D eigenvalue weighted by atomic mass is 16.7. The molecule has 0 unspecified atom stereocenters. The van der Waals surface area contributed by atoms with Gasteiger partial charge >= 0.3 is 29.8 Å². The number of esters is 5. The summed E-state index contributed by atoms with van der Waals surface area (Å²) in [5, 5.41) is 0. The Balaban J connectivity index is 1.52. The summed E-state index contributed by atoms with van der Waals surface area (Å²) < 4.78 is 34.9. The molecular formula is C30H36O11. The molecule has 0 N–H and O–H groups in total. The fraction of sp³-hybridized carbons (Fsp3) is 0.700. The number of hydrogen-bond donors (Lipinski definition) is 0. The van der Waals surface area contributed by atoms with Gasteiger partial charge in [0, 0.05) is 42.7 Å². The second-order valence-electron chi connectivity index (χ2n) is 13.5. The zero-order valence-electron chi connectivity index (χ0n) is 24.3. The summed E-state index contributed by atoms with van der Waals surface area (Å²) in [4.78, 5) is 62.9. The fourth-order valence-electron chi connectivity index (χ4n) is 9.56. The molecule has 2 saturated carbocycles. The van der Waals surface area contributed by atoms with Crippen molar-refractivity contribution in [3.63, 3.8) is 0 Å². The van der Waals surface area contributed by atoms with Crippen LogP contribution in [-0.4, -0.2) is 65.7 Å². The molecule has 4 heterocycles. The van der Waals surface area contributed by atoms with Crippen LogP contribution in [0.15, 0.2) is 23.8 Å². The predicted molar refractivity (Wildman–Crippen MR) is 137 cm³/mol. The molecule has 0 radical (unpaired) electrons. The van der Waals surface area contributed by atoms with Gasteiger partial charge < -0.3 is 28.4 Å². The van der Waals surface area contributed by atoms with Crippen LogP contribution in [0.4, 0.5) is 0 Å². The number of fused-ring (bicyclic) bond motifs is 3. The third kappa shape index (κ3) is 3.50. The van der Waals surface area contributed by atoms with E-state index in [-0.39, 0.29) is 17.4 Å². The molecule has 4 fully saturated rings. The highest BCUT2D eigenvalue weighted by Crippen LogP contribution is 2.78. The maximum absolute atomic E-state index is 13.5. The second kappa shape index (κ2) is 8.42. The van der Waals surface area contributed by atoms with Crippen molar-refractivity contribution in [1.29, 1.82) is 0 Å². The molecule has 0 aromatic rings. The number of epoxide rings is 1. The van der Waals surface area contributed by atoms with E-state index in [1.807, 2.05) is 33.8 Å². The lowest BCUT2D eigenvalue weighted by atomic mass is 9.37. The van der Waals surface area contributed by atoms with E-state index in [9.17, 15) is 24.0 Å². The molecule has 6 aliphatic rings. The van der Waals surface area contributed by atoms with Crippen molar-refractivity contribution in [3.05, 3.63) is 23.8 Å². The number of ether oxygens (including phenoxy) is 6. The minimum Gasteiger partial charge on any atom is -0.462 e. The molecule has 1 spiro atoms. The van der Waals surface area contributed by atoms with E-state index in [0.29, 0.717) is 19.3 Å². The Morgan fingerprint density at radius 3 is 2.24 bits per heavy atom. The average molecular weight is 573 g/mol. The molecule has 11 heteroatoms. The third-order valence-electron chi connectivity index (χ3n) is 11.0. The SMILES string of the molecule is CC(=O)O[C@H]1OC(=O)C=C1[C@@H]1OC(=O)[C@H]2O[C@]23[C@]2(C)[C@@H](OC(C)=O)C[C@H]4C(C)(C)OC(=O)C=C[C@]4(C)[C@@H]2CC[C@@]13C. The first-order valence-corrected chi connectivity index (χ1v) is 14.1. The summed E-state index contributed by atoms with van der Waals surface area (Å²) in [5.41, 5.74) is -4.21. The first kappa shape index (κ1) is 27.9. The van der Waals surface area contributed by atoms with Crippen LogP contribution in [0.2, 0.25) is 0 Å². The van der Waals surface area contributed by atoms with E-state index < -0.39 is 81.9 Å². The predicted octanol–water partition coefficient (Wildman–Crippen LogP) is 2.69. The minimum atomic E-state index is -1.33. The lowest BCUT2D eigenvalue weighted by Gasteiger charge is -2.67. The molecular weight excluding hydrogens is 536 g/mol. The highest BCUT2D eigenvalue weighted by molar-refractivity contribution is 5.88. The van der Waals surface area contributed by atoms with Gasteiger partial charge in [0.15, 0.2) is 6.10 Å². The van der Waals surface area contributed by atoms with E-state index in [2.05, 4.69) is 6.92 Å². The van der Waals surface area contributed by atoms with Crippen molar-refractivity contribution < 1.29 is 52.4 Å². The number of carbonyl (C=O) groups is 5. The van der Waals surface area contributed by atoms with Gasteiger partial charge in [-0.05, 0) is 44.4 Å². The van der Waals surface area contributed by atoms with Gasteiger partial charge in [0.1, 0.15) is 23.4 Å². The Bertz CT molecular complexity index is 1330. The molecule has 2 aliphatic carbocycles. The van der Waals surface area contributed by atoms with Crippen LogP contribution in [0.5, 0.6) is 0 Å². The topological polar surface area (TPSA) is 144 Å². The zero-order chi connectivity index (χ0) is 29.9. The largest absolute Gasteiger partial charge is 0.462 e. The van der Waals surface area contributed by atoms with Crippen molar-refractivity contribution >= 4 is 29.8 Å². The summed E-state index contributed by atoms with van der Waals surface area (Å²) in [5.74, 6) is -3.30. The summed E-state index contributed by atoms with van der Waals surface area (Å²) in [6, 6.07) is 0. The van der Waals surface area contributed by atoms with Gasteiger partial charge in [-0.2, -0.15) is 0 Å². The molecule has 0 aromatic carbocycles. The van der Waals surface area contributed by atoms with Gasteiger partial charge in [0.05, 0.1) is 5.57 Å². The average Bonchev–Trinajstić information content (AvgIpc) is 3.55. The monoisotopic (exact) mass is 572 g/mol. The van der Waals surface area contributed by atoms with Crippen molar-refractivity contribution in [3.8, 4) is 0 Å². The molecule has 41 heavy (non-hydrogen) atoms. The first-order valence-electron chi connectivity index (χ1n) is 14.1. The lowest BCUT2D eigenvalue weighted by Crippen LogP contribution is -2.74. The number of rotatable bonds is 3. The van der Waals surface area contributed by atoms with Gasteiger partial charge in [-0.25, -0.2) is 14.4 Å².